The summed E-state index contributed by atoms with van der Waals surface area (Å²) in [5.74, 6) is -0.0363. The van der Waals surface area contributed by atoms with E-state index in [9.17, 15) is 9.59 Å². The van der Waals surface area contributed by atoms with Gasteiger partial charge in [0.1, 0.15) is 0 Å². The number of aryl methyl sites for hydroxylation is 1. The molecule has 0 spiro atoms. The van der Waals surface area contributed by atoms with Crippen molar-refractivity contribution in [1.29, 1.82) is 0 Å². The minimum absolute atomic E-state index is 0.00295. The van der Waals surface area contributed by atoms with Gasteiger partial charge in [0.25, 0.3) is 5.91 Å². The van der Waals surface area contributed by atoms with Gasteiger partial charge in [-0.2, -0.15) is 0 Å². The fourth-order valence-electron chi connectivity index (χ4n) is 3.07. The maximum Gasteiger partial charge on any atom is 0.254 e. The molecule has 1 aliphatic heterocycles. The molecule has 2 amide bonds. The van der Waals surface area contributed by atoms with Gasteiger partial charge in [0.2, 0.25) is 5.91 Å². The molecule has 0 radical (unpaired) electrons. The van der Waals surface area contributed by atoms with E-state index >= 15 is 0 Å². The van der Waals surface area contributed by atoms with Crippen LogP contribution in [0.5, 0.6) is 0 Å². The van der Waals surface area contributed by atoms with Crippen LogP contribution in [0.2, 0.25) is 0 Å². The number of benzene rings is 2. The van der Waals surface area contributed by atoms with E-state index in [0.717, 1.165) is 11.3 Å². The van der Waals surface area contributed by atoms with E-state index in [1.165, 1.54) is 0 Å². The van der Waals surface area contributed by atoms with Gasteiger partial charge in [0.15, 0.2) is 0 Å². The predicted molar refractivity (Wildman–Crippen MR) is 103 cm³/mol. The lowest BCUT2D eigenvalue weighted by molar-refractivity contribution is -0.117. The summed E-state index contributed by atoms with van der Waals surface area (Å²) in [5, 5.41) is 2.89. The number of anilines is 2. The Labute approximate surface area is 153 Å². The van der Waals surface area contributed by atoms with E-state index in [1.54, 1.807) is 12.1 Å². The molecule has 2 aromatic carbocycles. The second kappa shape index (κ2) is 8.01. The van der Waals surface area contributed by atoms with Crippen LogP contribution in [0.4, 0.5) is 11.4 Å². The number of nitrogens with zero attached hydrogens (tertiary/aromatic N) is 2. The number of nitrogens with two attached hydrogens (primary N) is 1. The highest BCUT2D eigenvalue weighted by Crippen LogP contribution is 2.16. The zero-order valence-corrected chi connectivity index (χ0v) is 14.9. The zero-order chi connectivity index (χ0) is 18.5. The minimum Gasteiger partial charge on any atom is -0.399 e. The zero-order valence-electron chi connectivity index (χ0n) is 14.9. The number of hydrogen-bond acceptors (Lipinski definition) is 4. The molecule has 0 aromatic heterocycles. The lowest BCUT2D eigenvalue weighted by Gasteiger charge is -2.34. The van der Waals surface area contributed by atoms with Crippen molar-refractivity contribution >= 4 is 23.2 Å². The molecule has 0 bridgehead atoms. The number of rotatable bonds is 4. The molecule has 1 saturated heterocycles. The van der Waals surface area contributed by atoms with Crippen LogP contribution in [0.3, 0.4) is 0 Å². The summed E-state index contributed by atoms with van der Waals surface area (Å²) in [4.78, 5) is 28.8. The number of amides is 2. The standard InChI is InChI=1S/C20H24N4O2/c1-15-7-8-16(21)13-18(15)20(26)24-11-9-23(10-12-24)14-19(25)22-17-5-3-2-4-6-17/h2-8,13H,9-12,14,21H2,1H3,(H,22,25). The Bertz CT molecular complexity index is 784. The highest BCUT2D eigenvalue weighted by molar-refractivity contribution is 5.96. The van der Waals surface area contributed by atoms with E-state index in [2.05, 4.69) is 10.2 Å². The van der Waals surface area contributed by atoms with Crippen molar-refractivity contribution in [3.8, 4) is 0 Å². The van der Waals surface area contributed by atoms with Crippen LogP contribution >= 0.6 is 0 Å². The number of nitrogens with one attached hydrogen (secondary N) is 1. The Morgan fingerprint density at radius 3 is 2.42 bits per heavy atom. The van der Waals surface area contributed by atoms with Crippen molar-refractivity contribution in [3.05, 3.63) is 59.7 Å². The van der Waals surface area contributed by atoms with Crippen LogP contribution in [0.25, 0.3) is 0 Å². The van der Waals surface area contributed by atoms with Gasteiger partial charge in [0.05, 0.1) is 6.54 Å². The van der Waals surface area contributed by atoms with E-state index in [4.69, 9.17) is 5.73 Å². The Morgan fingerprint density at radius 1 is 1.04 bits per heavy atom. The quantitative estimate of drug-likeness (QED) is 0.825. The Hall–Kier alpha value is -2.86. The lowest BCUT2D eigenvalue weighted by atomic mass is 10.1. The van der Waals surface area contributed by atoms with Crippen molar-refractivity contribution < 1.29 is 9.59 Å². The molecular formula is C20H24N4O2. The smallest absolute Gasteiger partial charge is 0.254 e. The molecule has 136 valence electrons. The van der Waals surface area contributed by atoms with Crippen LogP contribution in [0, 0.1) is 6.92 Å². The Kier molecular flexibility index (Phi) is 5.53. The molecule has 1 aliphatic rings. The maximum atomic E-state index is 12.7. The number of para-hydroxylation sites is 1. The van der Waals surface area contributed by atoms with Gasteiger partial charge in [-0.25, -0.2) is 0 Å². The summed E-state index contributed by atoms with van der Waals surface area (Å²) in [5.41, 5.74) is 8.78. The molecule has 0 aliphatic carbocycles. The predicted octanol–water partition coefficient (Wildman–Crippen LogP) is 1.97. The molecule has 1 fully saturated rings. The van der Waals surface area contributed by atoms with Crippen molar-refractivity contribution in [2.24, 2.45) is 0 Å². The first kappa shape index (κ1) is 17.9. The fraction of sp³-hybridized carbons (Fsp3) is 0.300. The Balaban J connectivity index is 1.51. The van der Waals surface area contributed by atoms with Crippen LogP contribution in [0.1, 0.15) is 15.9 Å². The average Bonchev–Trinajstić information content (AvgIpc) is 2.64. The van der Waals surface area contributed by atoms with Crippen molar-refractivity contribution in [1.82, 2.24) is 9.80 Å². The molecule has 0 unspecified atom stereocenters. The second-order valence-corrected chi connectivity index (χ2v) is 6.56. The fourth-order valence-corrected chi connectivity index (χ4v) is 3.07. The first-order valence-electron chi connectivity index (χ1n) is 8.75. The van der Waals surface area contributed by atoms with Gasteiger partial charge in [-0.1, -0.05) is 24.3 Å². The van der Waals surface area contributed by atoms with Crippen LogP contribution in [-0.4, -0.2) is 54.3 Å². The van der Waals surface area contributed by atoms with Crippen LogP contribution in [-0.2, 0) is 4.79 Å². The number of piperazine rings is 1. The molecule has 1 heterocycles. The number of carbonyl (C=O) groups excluding carboxylic acids is 2. The van der Waals surface area contributed by atoms with Gasteiger partial charge in [-0.3, -0.25) is 14.5 Å². The number of nitrogen functional groups attached to an aromatic ring is 1. The average molecular weight is 352 g/mol. The maximum absolute atomic E-state index is 12.7. The second-order valence-electron chi connectivity index (χ2n) is 6.56. The molecule has 6 heteroatoms. The highest BCUT2D eigenvalue weighted by atomic mass is 16.2. The molecule has 3 N–H and O–H groups in total. The van der Waals surface area contributed by atoms with Crippen molar-refractivity contribution in [2.45, 2.75) is 6.92 Å². The summed E-state index contributed by atoms with van der Waals surface area (Å²) in [6.45, 7) is 4.80. The third-order valence-electron chi connectivity index (χ3n) is 4.58. The minimum atomic E-state index is -0.0392. The molecular weight excluding hydrogens is 328 g/mol. The SMILES string of the molecule is Cc1ccc(N)cc1C(=O)N1CCN(CC(=O)Nc2ccccc2)CC1. The monoisotopic (exact) mass is 352 g/mol. The molecule has 3 rings (SSSR count). The molecule has 0 saturated carbocycles. The van der Waals surface area contributed by atoms with E-state index in [-0.39, 0.29) is 11.8 Å². The third-order valence-corrected chi connectivity index (χ3v) is 4.58. The van der Waals surface area contributed by atoms with Crippen molar-refractivity contribution in [3.63, 3.8) is 0 Å². The first-order chi connectivity index (χ1) is 12.5. The van der Waals surface area contributed by atoms with Crippen molar-refractivity contribution in [2.75, 3.05) is 43.8 Å². The van der Waals surface area contributed by atoms with E-state index in [0.29, 0.717) is 44.0 Å². The largest absolute Gasteiger partial charge is 0.399 e. The molecule has 6 nitrogen and oxygen atoms in total. The van der Waals surface area contributed by atoms with Crippen LogP contribution < -0.4 is 11.1 Å². The third kappa shape index (κ3) is 4.40. The summed E-state index contributed by atoms with van der Waals surface area (Å²) in [6.07, 6.45) is 0. The number of carbonyl (C=O) groups is 2. The van der Waals surface area contributed by atoms with Gasteiger partial charge < -0.3 is 16.0 Å². The molecule has 0 atom stereocenters. The molecule has 26 heavy (non-hydrogen) atoms. The van der Waals surface area contributed by atoms with Gasteiger partial charge in [-0.15, -0.1) is 0 Å². The lowest BCUT2D eigenvalue weighted by Crippen LogP contribution is -2.50. The summed E-state index contributed by atoms with van der Waals surface area (Å²) in [6, 6.07) is 14.8. The van der Waals surface area contributed by atoms with Crippen LogP contribution in [0.15, 0.2) is 48.5 Å². The first-order valence-corrected chi connectivity index (χ1v) is 8.75. The van der Waals surface area contributed by atoms with Gasteiger partial charge in [0, 0.05) is 43.1 Å². The van der Waals surface area contributed by atoms with Gasteiger partial charge in [-0.05, 0) is 36.8 Å². The summed E-state index contributed by atoms with van der Waals surface area (Å²) >= 11 is 0. The number of hydrogen-bond donors (Lipinski definition) is 2. The Morgan fingerprint density at radius 2 is 1.73 bits per heavy atom. The summed E-state index contributed by atoms with van der Waals surface area (Å²) in [7, 11) is 0. The normalized spacial score (nSPS) is 14.9. The summed E-state index contributed by atoms with van der Waals surface area (Å²) < 4.78 is 0. The molecule has 2 aromatic rings. The topological polar surface area (TPSA) is 78.7 Å². The van der Waals surface area contributed by atoms with E-state index in [1.807, 2.05) is 48.2 Å². The van der Waals surface area contributed by atoms with E-state index < -0.39 is 0 Å². The van der Waals surface area contributed by atoms with Gasteiger partial charge >= 0.3 is 0 Å². The highest BCUT2D eigenvalue weighted by Gasteiger charge is 2.24.